The first kappa shape index (κ1) is 16.3. The number of hydrogen-bond donors (Lipinski definition) is 1. The van der Waals surface area contributed by atoms with Crippen LogP contribution >= 0.6 is 0 Å². The lowest BCUT2D eigenvalue weighted by atomic mass is 10.00. The zero-order valence-electron chi connectivity index (χ0n) is 13.9. The highest BCUT2D eigenvalue weighted by atomic mass is 16.1. The fourth-order valence-electron chi connectivity index (χ4n) is 2.56. The minimum absolute atomic E-state index is 0.00103. The zero-order valence-corrected chi connectivity index (χ0v) is 13.9. The third-order valence-corrected chi connectivity index (χ3v) is 3.75. The molecule has 0 saturated heterocycles. The van der Waals surface area contributed by atoms with Crippen molar-refractivity contribution >= 4 is 5.91 Å². The Kier molecular flexibility index (Phi) is 5.37. The van der Waals surface area contributed by atoms with E-state index < -0.39 is 0 Å². The van der Waals surface area contributed by atoms with Gasteiger partial charge in [0.15, 0.2) is 0 Å². The first-order valence-electron chi connectivity index (χ1n) is 7.92. The van der Waals surface area contributed by atoms with Crippen molar-refractivity contribution in [2.45, 2.75) is 40.2 Å². The fraction of sp³-hybridized carbons (Fsp3) is 0.350. The van der Waals surface area contributed by atoms with E-state index in [0.29, 0.717) is 11.5 Å². The third-order valence-electron chi connectivity index (χ3n) is 3.75. The molecule has 0 aliphatic carbocycles. The zero-order chi connectivity index (χ0) is 16.1. The molecule has 0 aliphatic rings. The van der Waals surface area contributed by atoms with Gasteiger partial charge in [0.2, 0.25) is 0 Å². The second-order valence-electron chi connectivity index (χ2n) is 6.40. The van der Waals surface area contributed by atoms with E-state index in [1.165, 1.54) is 5.56 Å². The summed E-state index contributed by atoms with van der Waals surface area (Å²) in [7, 11) is 0. The van der Waals surface area contributed by atoms with E-state index in [2.05, 4.69) is 43.4 Å². The van der Waals surface area contributed by atoms with Gasteiger partial charge in [-0.1, -0.05) is 55.8 Å². The van der Waals surface area contributed by atoms with Crippen molar-refractivity contribution in [1.82, 2.24) is 5.32 Å². The number of hydrogen-bond acceptors (Lipinski definition) is 1. The van der Waals surface area contributed by atoms with E-state index in [0.717, 1.165) is 17.5 Å². The summed E-state index contributed by atoms with van der Waals surface area (Å²) in [6.45, 7) is 8.45. The van der Waals surface area contributed by atoms with Crippen molar-refractivity contribution in [2.24, 2.45) is 5.92 Å². The smallest absolute Gasteiger partial charge is 0.251 e. The molecule has 2 nitrogen and oxygen atoms in total. The number of benzene rings is 2. The SMILES string of the molecule is Cc1cccc(C(=O)N[C@H](C)c2ccc(CC(C)C)cc2)c1. The fourth-order valence-corrected chi connectivity index (χ4v) is 2.56. The monoisotopic (exact) mass is 295 g/mol. The molecular formula is C20H25NO. The minimum atomic E-state index is -0.0255. The molecule has 0 spiro atoms. The summed E-state index contributed by atoms with van der Waals surface area (Å²) in [4.78, 5) is 12.3. The summed E-state index contributed by atoms with van der Waals surface area (Å²) in [5.74, 6) is 0.631. The molecule has 0 aliphatic heterocycles. The van der Waals surface area contributed by atoms with E-state index in [9.17, 15) is 4.79 Å². The van der Waals surface area contributed by atoms with Crippen LogP contribution in [-0.2, 0) is 6.42 Å². The van der Waals surface area contributed by atoms with Crippen LogP contribution < -0.4 is 5.32 Å². The Hall–Kier alpha value is -2.09. The molecule has 2 heteroatoms. The van der Waals surface area contributed by atoms with Crippen LogP contribution in [0.2, 0.25) is 0 Å². The molecule has 2 aromatic rings. The predicted molar refractivity (Wildman–Crippen MR) is 92.0 cm³/mol. The molecule has 1 atom stereocenters. The average molecular weight is 295 g/mol. The molecule has 1 N–H and O–H groups in total. The molecule has 0 radical (unpaired) electrons. The van der Waals surface area contributed by atoms with Crippen molar-refractivity contribution < 1.29 is 4.79 Å². The lowest BCUT2D eigenvalue weighted by molar-refractivity contribution is 0.0940. The Bertz CT molecular complexity index is 628. The molecule has 2 rings (SSSR count). The molecule has 0 unspecified atom stereocenters. The summed E-state index contributed by atoms with van der Waals surface area (Å²) in [6, 6.07) is 16.2. The summed E-state index contributed by atoms with van der Waals surface area (Å²) >= 11 is 0. The molecule has 0 aromatic heterocycles. The molecule has 0 saturated carbocycles. The van der Waals surface area contributed by atoms with E-state index in [4.69, 9.17) is 0 Å². The van der Waals surface area contributed by atoms with Crippen LogP contribution in [0.25, 0.3) is 0 Å². The molecule has 116 valence electrons. The highest BCUT2D eigenvalue weighted by Crippen LogP contribution is 2.16. The maximum Gasteiger partial charge on any atom is 0.251 e. The van der Waals surface area contributed by atoms with E-state index in [1.807, 2.05) is 38.1 Å². The maximum absolute atomic E-state index is 12.3. The highest BCUT2D eigenvalue weighted by Gasteiger charge is 2.11. The van der Waals surface area contributed by atoms with Crippen LogP contribution in [0, 0.1) is 12.8 Å². The van der Waals surface area contributed by atoms with Gasteiger partial charge in [-0.25, -0.2) is 0 Å². The van der Waals surface area contributed by atoms with Gasteiger partial charge in [0.1, 0.15) is 0 Å². The second kappa shape index (κ2) is 7.26. The number of carbonyl (C=O) groups excluding carboxylic acids is 1. The summed E-state index contributed by atoms with van der Waals surface area (Å²) in [6.07, 6.45) is 1.09. The van der Waals surface area contributed by atoms with Crippen molar-refractivity contribution in [2.75, 3.05) is 0 Å². The topological polar surface area (TPSA) is 29.1 Å². The number of amides is 1. The summed E-state index contributed by atoms with van der Waals surface area (Å²) in [5.41, 5.74) is 4.28. The normalized spacial score (nSPS) is 12.2. The Morgan fingerprint density at radius 1 is 1.05 bits per heavy atom. The molecule has 0 bridgehead atoms. The van der Waals surface area contributed by atoms with Gasteiger partial charge < -0.3 is 5.32 Å². The van der Waals surface area contributed by atoms with Gasteiger partial charge in [0.25, 0.3) is 5.91 Å². The lowest BCUT2D eigenvalue weighted by Crippen LogP contribution is -2.26. The lowest BCUT2D eigenvalue weighted by Gasteiger charge is -2.15. The Morgan fingerprint density at radius 3 is 2.32 bits per heavy atom. The van der Waals surface area contributed by atoms with Gasteiger partial charge in [-0.3, -0.25) is 4.79 Å². The molecule has 2 aromatic carbocycles. The van der Waals surface area contributed by atoms with Crippen LogP contribution in [-0.4, -0.2) is 5.91 Å². The Balaban J connectivity index is 2.02. The maximum atomic E-state index is 12.3. The predicted octanol–water partition coefficient (Wildman–Crippen LogP) is 4.68. The Morgan fingerprint density at radius 2 is 1.73 bits per heavy atom. The molecule has 22 heavy (non-hydrogen) atoms. The first-order chi connectivity index (χ1) is 10.5. The van der Waals surface area contributed by atoms with E-state index in [-0.39, 0.29) is 11.9 Å². The van der Waals surface area contributed by atoms with Crippen molar-refractivity contribution in [3.63, 3.8) is 0 Å². The largest absolute Gasteiger partial charge is 0.346 e. The van der Waals surface area contributed by atoms with Crippen LogP contribution in [0.4, 0.5) is 0 Å². The quantitative estimate of drug-likeness (QED) is 0.852. The summed E-state index contributed by atoms with van der Waals surface area (Å²) < 4.78 is 0. The standard InChI is InChI=1S/C20H25NO/c1-14(2)12-17-8-10-18(11-9-17)16(4)21-20(22)19-7-5-6-15(3)13-19/h5-11,13-14,16H,12H2,1-4H3,(H,21,22)/t16-/m1/s1. The summed E-state index contributed by atoms with van der Waals surface area (Å²) in [5, 5.41) is 3.06. The van der Waals surface area contributed by atoms with Crippen molar-refractivity contribution in [1.29, 1.82) is 0 Å². The molecule has 0 fully saturated rings. The third kappa shape index (κ3) is 4.45. The van der Waals surface area contributed by atoms with Crippen molar-refractivity contribution in [3.8, 4) is 0 Å². The second-order valence-corrected chi connectivity index (χ2v) is 6.40. The van der Waals surface area contributed by atoms with Crippen molar-refractivity contribution in [3.05, 3.63) is 70.8 Å². The van der Waals surface area contributed by atoms with E-state index in [1.54, 1.807) is 0 Å². The Labute approximate surface area is 133 Å². The minimum Gasteiger partial charge on any atom is -0.346 e. The van der Waals surface area contributed by atoms with Gasteiger partial charge in [-0.2, -0.15) is 0 Å². The number of rotatable bonds is 5. The number of carbonyl (C=O) groups is 1. The van der Waals surface area contributed by atoms with Gasteiger partial charge in [-0.05, 0) is 49.4 Å². The van der Waals surface area contributed by atoms with Gasteiger partial charge in [0.05, 0.1) is 6.04 Å². The first-order valence-corrected chi connectivity index (χ1v) is 7.92. The van der Waals surface area contributed by atoms with Crippen LogP contribution in [0.15, 0.2) is 48.5 Å². The average Bonchev–Trinajstić information content (AvgIpc) is 2.47. The number of nitrogens with one attached hydrogen (secondary N) is 1. The van der Waals surface area contributed by atoms with E-state index >= 15 is 0 Å². The van der Waals surface area contributed by atoms with Gasteiger partial charge in [0, 0.05) is 5.56 Å². The van der Waals surface area contributed by atoms with Crippen LogP contribution in [0.5, 0.6) is 0 Å². The molecule has 1 amide bonds. The highest BCUT2D eigenvalue weighted by molar-refractivity contribution is 5.94. The van der Waals surface area contributed by atoms with Crippen LogP contribution in [0.3, 0.4) is 0 Å². The molecule has 0 heterocycles. The number of aryl methyl sites for hydroxylation is 1. The van der Waals surface area contributed by atoms with Crippen LogP contribution in [0.1, 0.15) is 53.9 Å². The van der Waals surface area contributed by atoms with Gasteiger partial charge in [-0.15, -0.1) is 0 Å². The molecular weight excluding hydrogens is 270 g/mol. The van der Waals surface area contributed by atoms with Gasteiger partial charge >= 0.3 is 0 Å².